The normalized spacial score (nSPS) is 10.7. The Labute approximate surface area is 166 Å². The third-order valence-corrected chi connectivity index (χ3v) is 4.69. The maximum Gasteiger partial charge on any atom is 0.262 e. The summed E-state index contributed by atoms with van der Waals surface area (Å²) in [6.45, 7) is 2.60. The number of thiophene rings is 1. The number of hydrazine groups is 1. The molecule has 6 nitrogen and oxygen atoms in total. The van der Waals surface area contributed by atoms with Gasteiger partial charge in [-0.15, -0.1) is 11.3 Å². The molecule has 0 radical (unpaired) electrons. The Balaban J connectivity index is 1.80. The molecule has 27 heavy (non-hydrogen) atoms. The van der Waals surface area contributed by atoms with E-state index in [9.17, 15) is 4.79 Å². The molecule has 3 N–H and O–H groups in total. The molecule has 0 saturated heterocycles. The minimum absolute atomic E-state index is 0.306. The van der Waals surface area contributed by atoms with Gasteiger partial charge in [0.25, 0.3) is 5.91 Å². The molecular weight excluding hydrogens is 378 g/mol. The van der Waals surface area contributed by atoms with E-state index in [1.54, 1.807) is 17.4 Å². The van der Waals surface area contributed by atoms with E-state index in [1.165, 1.54) is 6.08 Å². The van der Waals surface area contributed by atoms with Crippen LogP contribution in [0, 0.1) is 0 Å². The largest absolute Gasteiger partial charge is 0.362 e. The fourth-order valence-electron chi connectivity index (χ4n) is 2.36. The molecule has 0 spiro atoms. The molecule has 0 atom stereocenters. The van der Waals surface area contributed by atoms with Crippen molar-refractivity contribution in [3.8, 4) is 16.3 Å². The molecule has 3 aromatic rings. The standard InChI is InChI=1S/C19H19N5OS2/c1-2-20-19(26)22-21-17(25)11-10-14-13-24(15-7-4-3-5-8-15)23-18(14)16-9-6-12-27-16/h3-13H,2H2,1H3,(H,21,25)(H2,20,22,26). The summed E-state index contributed by atoms with van der Waals surface area (Å²) in [7, 11) is 0. The molecule has 2 aromatic heterocycles. The number of thiocarbonyl (C=S) groups is 1. The highest BCUT2D eigenvalue weighted by Gasteiger charge is 2.11. The van der Waals surface area contributed by atoms with Crippen LogP contribution in [-0.2, 0) is 4.79 Å². The maximum absolute atomic E-state index is 12.0. The van der Waals surface area contributed by atoms with Crippen LogP contribution in [0.5, 0.6) is 0 Å². The van der Waals surface area contributed by atoms with Crippen LogP contribution in [0.25, 0.3) is 22.3 Å². The van der Waals surface area contributed by atoms with Gasteiger partial charge in [0.2, 0.25) is 0 Å². The van der Waals surface area contributed by atoms with Gasteiger partial charge in [0, 0.05) is 24.4 Å². The molecule has 0 aliphatic carbocycles. The van der Waals surface area contributed by atoms with E-state index < -0.39 is 0 Å². The first-order valence-corrected chi connectivity index (χ1v) is 9.67. The number of hydrogen-bond donors (Lipinski definition) is 3. The summed E-state index contributed by atoms with van der Waals surface area (Å²) in [5.74, 6) is -0.306. The average Bonchev–Trinajstić information content (AvgIpc) is 3.35. The molecule has 138 valence electrons. The van der Waals surface area contributed by atoms with Crippen molar-refractivity contribution < 1.29 is 4.79 Å². The van der Waals surface area contributed by atoms with Crippen LogP contribution >= 0.6 is 23.6 Å². The number of rotatable bonds is 5. The number of carbonyl (C=O) groups excluding carboxylic acids is 1. The zero-order valence-corrected chi connectivity index (χ0v) is 16.3. The predicted octanol–water partition coefficient (Wildman–Crippen LogP) is 3.13. The van der Waals surface area contributed by atoms with E-state index in [-0.39, 0.29) is 5.91 Å². The second-order valence-corrected chi connectivity index (χ2v) is 6.85. The average molecular weight is 398 g/mol. The number of amides is 1. The molecule has 0 saturated carbocycles. The number of nitrogens with zero attached hydrogens (tertiary/aromatic N) is 2. The lowest BCUT2D eigenvalue weighted by Crippen LogP contribution is -2.46. The van der Waals surface area contributed by atoms with Gasteiger partial charge in [-0.05, 0) is 48.8 Å². The fourth-order valence-corrected chi connectivity index (χ4v) is 3.28. The lowest BCUT2D eigenvalue weighted by atomic mass is 10.2. The summed E-state index contributed by atoms with van der Waals surface area (Å²) < 4.78 is 1.81. The van der Waals surface area contributed by atoms with Crippen LogP contribution in [0.4, 0.5) is 0 Å². The summed E-state index contributed by atoms with van der Waals surface area (Å²) in [6, 6.07) is 13.8. The summed E-state index contributed by atoms with van der Waals surface area (Å²) in [5, 5.41) is 9.96. The maximum atomic E-state index is 12.0. The minimum Gasteiger partial charge on any atom is -0.362 e. The van der Waals surface area contributed by atoms with Crippen LogP contribution in [0.3, 0.4) is 0 Å². The van der Waals surface area contributed by atoms with Crippen molar-refractivity contribution in [3.05, 3.63) is 65.7 Å². The Morgan fingerprint density at radius 3 is 2.74 bits per heavy atom. The van der Waals surface area contributed by atoms with Crippen molar-refractivity contribution in [1.82, 2.24) is 25.9 Å². The Hall–Kier alpha value is -2.97. The van der Waals surface area contributed by atoms with Crippen molar-refractivity contribution in [2.75, 3.05) is 6.54 Å². The van der Waals surface area contributed by atoms with Gasteiger partial charge in [0.15, 0.2) is 5.11 Å². The van der Waals surface area contributed by atoms with Gasteiger partial charge in [-0.2, -0.15) is 5.10 Å². The van der Waals surface area contributed by atoms with E-state index in [0.29, 0.717) is 11.7 Å². The van der Waals surface area contributed by atoms with Crippen molar-refractivity contribution in [3.63, 3.8) is 0 Å². The summed E-state index contributed by atoms with van der Waals surface area (Å²) in [6.07, 6.45) is 5.10. The first-order chi connectivity index (χ1) is 13.2. The van der Waals surface area contributed by atoms with Gasteiger partial charge in [0.05, 0.1) is 10.6 Å². The molecular formula is C19H19N5OS2. The Bertz CT molecular complexity index is 932. The highest BCUT2D eigenvalue weighted by atomic mass is 32.1. The zero-order valence-electron chi connectivity index (χ0n) is 14.7. The van der Waals surface area contributed by atoms with E-state index >= 15 is 0 Å². The highest BCUT2D eigenvalue weighted by molar-refractivity contribution is 7.80. The first-order valence-electron chi connectivity index (χ1n) is 8.38. The van der Waals surface area contributed by atoms with Crippen molar-refractivity contribution in [2.24, 2.45) is 0 Å². The smallest absolute Gasteiger partial charge is 0.262 e. The lowest BCUT2D eigenvalue weighted by Gasteiger charge is -2.07. The summed E-state index contributed by atoms with van der Waals surface area (Å²) in [5.41, 5.74) is 7.81. The lowest BCUT2D eigenvalue weighted by molar-refractivity contribution is -0.116. The van der Waals surface area contributed by atoms with E-state index in [1.807, 2.05) is 65.6 Å². The topological polar surface area (TPSA) is 71.0 Å². The van der Waals surface area contributed by atoms with Gasteiger partial charge >= 0.3 is 0 Å². The molecule has 2 heterocycles. The van der Waals surface area contributed by atoms with Gasteiger partial charge < -0.3 is 5.32 Å². The number of aromatic nitrogens is 2. The number of benzene rings is 1. The fraction of sp³-hybridized carbons (Fsp3) is 0.105. The van der Waals surface area contributed by atoms with Gasteiger partial charge in [-0.3, -0.25) is 15.6 Å². The molecule has 1 amide bonds. The molecule has 3 rings (SSSR count). The van der Waals surface area contributed by atoms with Crippen LogP contribution in [0.15, 0.2) is 60.1 Å². The van der Waals surface area contributed by atoms with Crippen LogP contribution in [0.1, 0.15) is 12.5 Å². The van der Waals surface area contributed by atoms with E-state index in [4.69, 9.17) is 17.3 Å². The second-order valence-electron chi connectivity index (χ2n) is 5.50. The quantitative estimate of drug-likeness (QED) is 0.351. The minimum atomic E-state index is -0.306. The number of hydrogen-bond acceptors (Lipinski definition) is 4. The number of nitrogens with one attached hydrogen (secondary N) is 3. The third kappa shape index (κ3) is 5.02. The predicted molar refractivity (Wildman–Crippen MR) is 113 cm³/mol. The molecule has 1 aromatic carbocycles. The number of carbonyl (C=O) groups is 1. The zero-order chi connectivity index (χ0) is 19.1. The van der Waals surface area contributed by atoms with Gasteiger partial charge in [0.1, 0.15) is 5.69 Å². The Morgan fingerprint density at radius 1 is 1.22 bits per heavy atom. The highest BCUT2D eigenvalue weighted by Crippen LogP contribution is 2.28. The monoisotopic (exact) mass is 397 g/mol. The Kier molecular flexibility index (Phi) is 6.35. The van der Waals surface area contributed by atoms with Crippen LogP contribution in [0.2, 0.25) is 0 Å². The second kappa shape index (κ2) is 9.11. The molecule has 0 fully saturated rings. The van der Waals surface area contributed by atoms with Crippen molar-refractivity contribution in [2.45, 2.75) is 6.92 Å². The molecule has 0 aliphatic rings. The summed E-state index contributed by atoms with van der Waals surface area (Å²) >= 11 is 6.61. The number of para-hydroxylation sites is 1. The molecule has 0 bridgehead atoms. The first kappa shape index (κ1) is 18.8. The van der Waals surface area contributed by atoms with Gasteiger partial charge in [-0.1, -0.05) is 24.3 Å². The summed E-state index contributed by atoms with van der Waals surface area (Å²) in [4.78, 5) is 13.1. The Morgan fingerprint density at radius 2 is 2.04 bits per heavy atom. The van der Waals surface area contributed by atoms with Crippen LogP contribution < -0.4 is 16.2 Å². The third-order valence-electron chi connectivity index (χ3n) is 3.57. The molecule has 0 aliphatic heterocycles. The molecule has 8 heteroatoms. The van der Waals surface area contributed by atoms with Crippen molar-refractivity contribution >= 4 is 40.7 Å². The van der Waals surface area contributed by atoms with E-state index in [0.717, 1.165) is 21.8 Å². The van der Waals surface area contributed by atoms with Crippen LogP contribution in [-0.4, -0.2) is 27.3 Å². The van der Waals surface area contributed by atoms with Gasteiger partial charge in [-0.25, -0.2) is 4.68 Å². The SMILES string of the molecule is CCNC(=S)NNC(=O)C=Cc1cn(-c2ccccc2)nc1-c1cccs1. The van der Waals surface area contributed by atoms with Crippen molar-refractivity contribution in [1.29, 1.82) is 0 Å². The molecule has 0 unspecified atom stereocenters. The van der Waals surface area contributed by atoms with E-state index in [2.05, 4.69) is 16.2 Å².